The van der Waals surface area contributed by atoms with Gasteiger partial charge in [-0.1, -0.05) is 19.9 Å². The van der Waals surface area contributed by atoms with E-state index in [1.807, 2.05) is 6.92 Å². The van der Waals surface area contributed by atoms with Crippen molar-refractivity contribution < 1.29 is 9.53 Å². The second-order valence-corrected chi connectivity index (χ2v) is 3.40. The normalized spacial score (nSPS) is 11.9. The zero-order valence-electron chi connectivity index (χ0n) is 9.50. The highest BCUT2D eigenvalue weighted by Crippen LogP contribution is 2.03. The second kappa shape index (κ2) is 9.52. The molecule has 3 N–H and O–H groups in total. The molecule has 0 fully saturated rings. The highest BCUT2D eigenvalue weighted by molar-refractivity contribution is 5.78. The van der Waals surface area contributed by atoms with E-state index in [9.17, 15) is 4.79 Å². The SMILES string of the molecule is C=COCCCNC(=O)C(CN)CCC. The fourth-order valence-electron chi connectivity index (χ4n) is 1.30. The van der Waals surface area contributed by atoms with Crippen LogP contribution >= 0.6 is 0 Å². The van der Waals surface area contributed by atoms with E-state index in [0.29, 0.717) is 19.7 Å². The van der Waals surface area contributed by atoms with Crippen LogP contribution in [0.2, 0.25) is 0 Å². The maximum absolute atomic E-state index is 11.5. The molecule has 0 radical (unpaired) electrons. The van der Waals surface area contributed by atoms with Crippen molar-refractivity contribution in [2.75, 3.05) is 19.7 Å². The molecule has 4 nitrogen and oxygen atoms in total. The van der Waals surface area contributed by atoms with Crippen molar-refractivity contribution >= 4 is 5.91 Å². The highest BCUT2D eigenvalue weighted by atomic mass is 16.5. The van der Waals surface area contributed by atoms with Gasteiger partial charge in [0.25, 0.3) is 0 Å². The number of hydrogen-bond acceptors (Lipinski definition) is 3. The lowest BCUT2D eigenvalue weighted by atomic mass is 10.0. The van der Waals surface area contributed by atoms with Gasteiger partial charge < -0.3 is 15.8 Å². The van der Waals surface area contributed by atoms with Crippen molar-refractivity contribution in [2.24, 2.45) is 11.7 Å². The number of carbonyl (C=O) groups excluding carboxylic acids is 1. The summed E-state index contributed by atoms with van der Waals surface area (Å²) in [4.78, 5) is 11.5. The highest BCUT2D eigenvalue weighted by Gasteiger charge is 2.14. The number of rotatable bonds is 9. The van der Waals surface area contributed by atoms with Crippen LogP contribution in [0.15, 0.2) is 12.8 Å². The molecule has 1 atom stereocenters. The lowest BCUT2D eigenvalue weighted by Crippen LogP contribution is -2.35. The van der Waals surface area contributed by atoms with Gasteiger partial charge in [-0.05, 0) is 12.8 Å². The monoisotopic (exact) mass is 214 g/mol. The van der Waals surface area contributed by atoms with E-state index in [4.69, 9.17) is 10.5 Å². The van der Waals surface area contributed by atoms with E-state index < -0.39 is 0 Å². The molecule has 0 saturated carbocycles. The molecule has 0 heterocycles. The van der Waals surface area contributed by atoms with Gasteiger partial charge in [-0.25, -0.2) is 0 Å². The van der Waals surface area contributed by atoms with E-state index >= 15 is 0 Å². The average Bonchev–Trinajstić information content (AvgIpc) is 2.25. The molecule has 15 heavy (non-hydrogen) atoms. The van der Waals surface area contributed by atoms with Crippen LogP contribution in [0, 0.1) is 5.92 Å². The van der Waals surface area contributed by atoms with E-state index in [-0.39, 0.29) is 11.8 Å². The predicted molar refractivity (Wildman–Crippen MR) is 61.2 cm³/mol. The van der Waals surface area contributed by atoms with Crippen molar-refractivity contribution in [2.45, 2.75) is 26.2 Å². The summed E-state index contributed by atoms with van der Waals surface area (Å²) < 4.78 is 4.94. The Bertz CT molecular complexity index is 183. The first kappa shape index (κ1) is 14.0. The van der Waals surface area contributed by atoms with E-state index in [2.05, 4.69) is 11.9 Å². The standard InChI is InChI=1S/C11H22N2O2/c1-3-6-10(9-12)11(14)13-7-5-8-15-4-2/h4,10H,2-3,5-9,12H2,1H3,(H,13,14). The Balaban J connectivity index is 3.57. The minimum Gasteiger partial charge on any atom is -0.502 e. The summed E-state index contributed by atoms with van der Waals surface area (Å²) >= 11 is 0. The number of hydrogen-bond donors (Lipinski definition) is 2. The molecule has 0 aliphatic carbocycles. The van der Waals surface area contributed by atoms with Crippen molar-refractivity contribution in [1.29, 1.82) is 0 Å². The number of nitrogens with two attached hydrogens (primary N) is 1. The summed E-state index contributed by atoms with van der Waals surface area (Å²) in [6.45, 7) is 7.12. The fourth-order valence-corrected chi connectivity index (χ4v) is 1.30. The van der Waals surface area contributed by atoms with E-state index in [1.54, 1.807) is 0 Å². The minimum atomic E-state index is -0.0460. The van der Waals surface area contributed by atoms with Gasteiger partial charge in [0, 0.05) is 13.1 Å². The Morgan fingerprint density at radius 2 is 2.40 bits per heavy atom. The van der Waals surface area contributed by atoms with Crippen molar-refractivity contribution in [3.8, 4) is 0 Å². The predicted octanol–water partition coefficient (Wildman–Crippen LogP) is 1.03. The van der Waals surface area contributed by atoms with Crippen molar-refractivity contribution in [1.82, 2.24) is 5.32 Å². The van der Waals surface area contributed by atoms with Crippen molar-refractivity contribution in [3.63, 3.8) is 0 Å². The largest absolute Gasteiger partial charge is 0.502 e. The zero-order chi connectivity index (χ0) is 11.5. The topological polar surface area (TPSA) is 64.3 Å². The lowest BCUT2D eigenvalue weighted by Gasteiger charge is -2.13. The molecule has 1 unspecified atom stereocenters. The minimum absolute atomic E-state index is 0.0460. The molecule has 1 amide bonds. The molecular weight excluding hydrogens is 192 g/mol. The maximum atomic E-state index is 11.5. The second-order valence-electron chi connectivity index (χ2n) is 3.40. The van der Waals surface area contributed by atoms with Gasteiger partial charge in [0.2, 0.25) is 5.91 Å². The van der Waals surface area contributed by atoms with Crippen LogP contribution in [-0.2, 0) is 9.53 Å². The van der Waals surface area contributed by atoms with Crippen LogP contribution in [0.3, 0.4) is 0 Å². The van der Waals surface area contributed by atoms with Crippen LogP contribution in [0.5, 0.6) is 0 Å². The third-order valence-electron chi connectivity index (χ3n) is 2.15. The van der Waals surface area contributed by atoms with Crippen LogP contribution in [0.4, 0.5) is 0 Å². The Hall–Kier alpha value is -1.03. The first-order chi connectivity index (χ1) is 7.26. The number of amides is 1. The van der Waals surface area contributed by atoms with Crippen LogP contribution < -0.4 is 11.1 Å². The molecule has 0 bridgehead atoms. The van der Waals surface area contributed by atoms with Gasteiger partial charge in [0.1, 0.15) is 0 Å². The smallest absolute Gasteiger partial charge is 0.224 e. The van der Waals surface area contributed by atoms with Gasteiger partial charge in [-0.15, -0.1) is 0 Å². The van der Waals surface area contributed by atoms with E-state index in [1.165, 1.54) is 6.26 Å². The van der Waals surface area contributed by atoms with Gasteiger partial charge in [-0.3, -0.25) is 4.79 Å². The summed E-state index contributed by atoms with van der Waals surface area (Å²) in [5, 5.41) is 2.84. The summed E-state index contributed by atoms with van der Waals surface area (Å²) in [5.41, 5.74) is 5.51. The summed E-state index contributed by atoms with van der Waals surface area (Å²) in [6, 6.07) is 0. The Morgan fingerprint density at radius 1 is 1.67 bits per heavy atom. The number of ether oxygens (including phenoxy) is 1. The fraction of sp³-hybridized carbons (Fsp3) is 0.727. The quantitative estimate of drug-likeness (QED) is 0.445. The first-order valence-electron chi connectivity index (χ1n) is 5.46. The van der Waals surface area contributed by atoms with E-state index in [0.717, 1.165) is 19.3 Å². The maximum Gasteiger partial charge on any atom is 0.224 e. The molecule has 0 aliphatic heterocycles. The molecule has 0 aromatic rings. The van der Waals surface area contributed by atoms with Crippen LogP contribution in [0.25, 0.3) is 0 Å². The molecule has 88 valence electrons. The Kier molecular flexibility index (Phi) is 8.87. The molecule has 0 saturated heterocycles. The molecule has 4 heteroatoms. The third kappa shape index (κ3) is 6.96. The Labute approximate surface area is 91.9 Å². The molecule has 0 aromatic heterocycles. The van der Waals surface area contributed by atoms with Gasteiger partial charge in [0.15, 0.2) is 0 Å². The summed E-state index contributed by atoms with van der Waals surface area (Å²) in [6.07, 6.45) is 4.03. The number of nitrogens with one attached hydrogen (secondary N) is 1. The van der Waals surface area contributed by atoms with Gasteiger partial charge >= 0.3 is 0 Å². The summed E-state index contributed by atoms with van der Waals surface area (Å²) in [7, 11) is 0. The van der Waals surface area contributed by atoms with Gasteiger partial charge in [-0.2, -0.15) is 0 Å². The first-order valence-corrected chi connectivity index (χ1v) is 5.46. The van der Waals surface area contributed by atoms with Crippen LogP contribution in [0.1, 0.15) is 26.2 Å². The molecule has 0 aromatic carbocycles. The molecule has 0 rings (SSSR count). The zero-order valence-corrected chi connectivity index (χ0v) is 9.50. The molecule has 0 aliphatic rings. The molecular formula is C11H22N2O2. The van der Waals surface area contributed by atoms with Crippen LogP contribution in [-0.4, -0.2) is 25.6 Å². The van der Waals surface area contributed by atoms with Crippen molar-refractivity contribution in [3.05, 3.63) is 12.8 Å². The Morgan fingerprint density at radius 3 is 2.93 bits per heavy atom. The third-order valence-corrected chi connectivity index (χ3v) is 2.15. The summed E-state index contributed by atoms with van der Waals surface area (Å²) in [5.74, 6) is 0.00766. The van der Waals surface area contributed by atoms with Gasteiger partial charge in [0.05, 0.1) is 18.8 Å². The lowest BCUT2D eigenvalue weighted by molar-refractivity contribution is -0.124. The average molecular weight is 214 g/mol. The molecule has 0 spiro atoms. The number of carbonyl (C=O) groups is 1.